The number of hydrogen-bond acceptors (Lipinski definition) is 9. The molecule has 2 amide bonds. The summed E-state index contributed by atoms with van der Waals surface area (Å²) in [6.07, 6.45) is -0.328. The second kappa shape index (κ2) is 10.5. The fourth-order valence-electron chi connectivity index (χ4n) is 3.76. The van der Waals surface area contributed by atoms with Gasteiger partial charge >= 0.3 is 11.9 Å². The van der Waals surface area contributed by atoms with Gasteiger partial charge in [-0.3, -0.25) is 19.4 Å². The number of halogens is 1. The highest BCUT2D eigenvalue weighted by Gasteiger charge is 2.35. The van der Waals surface area contributed by atoms with E-state index in [4.69, 9.17) is 21.1 Å². The highest BCUT2D eigenvalue weighted by Crippen LogP contribution is 2.30. The van der Waals surface area contributed by atoms with Gasteiger partial charge in [-0.25, -0.2) is 9.59 Å². The predicted molar refractivity (Wildman–Crippen MR) is 133 cm³/mol. The summed E-state index contributed by atoms with van der Waals surface area (Å²) in [7, 11) is 2.33. The van der Waals surface area contributed by atoms with Crippen LogP contribution >= 0.6 is 11.6 Å². The third-order valence-corrected chi connectivity index (χ3v) is 5.63. The number of nitrogens with zero attached hydrogens (tertiary/aromatic N) is 1. The van der Waals surface area contributed by atoms with Gasteiger partial charge in [-0.15, -0.1) is 0 Å². The second-order valence-electron chi connectivity index (χ2n) is 7.89. The van der Waals surface area contributed by atoms with Crippen molar-refractivity contribution in [1.29, 1.82) is 0 Å². The normalized spacial score (nSPS) is 14.1. The van der Waals surface area contributed by atoms with Gasteiger partial charge in [0, 0.05) is 22.8 Å². The van der Waals surface area contributed by atoms with Gasteiger partial charge in [0.15, 0.2) is 0 Å². The predicted octanol–water partition coefficient (Wildman–Crippen LogP) is 2.80. The van der Waals surface area contributed by atoms with E-state index in [1.807, 2.05) is 0 Å². The molecule has 0 fully saturated rings. The number of methoxy groups -OCH3 is 2. The van der Waals surface area contributed by atoms with Crippen LogP contribution in [0.4, 0.5) is 23.1 Å². The number of carbonyl (C=O) groups is 4. The molecule has 2 heterocycles. The summed E-state index contributed by atoms with van der Waals surface area (Å²) < 4.78 is 9.39. The number of esters is 2. The molecule has 0 bridgehead atoms. The number of amides is 2. The van der Waals surface area contributed by atoms with Gasteiger partial charge in [0.25, 0.3) is 5.56 Å². The first-order valence-corrected chi connectivity index (χ1v) is 11.2. The first-order valence-electron chi connectivity index (χ1n) is 10.8. The Kier molecular flexibility index (Phi) is 7.20. The Balaban J connectivity index is 1.65. The van der Waals surface area contributed by atoms with E-state index in [2.05, 4.69) is 25.9 Å². The molecule has 0 unspecified atom stereocenters. The molecule has 4 rings (SSSR count). The van der Waals surface area contributed by atoms with E-state index < -0.39 is 35.2 Å². The lowest BCUT2D eigenvalue weighted by Gasteiger charge is -2.24. The zero-order valence-electron chi connectivity index (χ0n) is 19.5. The van der Waals surface area contributed by atoms with E-state index in [1.54, 1.807) is 24.3 Å². The van der Waals surface area contributed by atoms with Crippen LogP contribution in [0.1, 0.15) is 38.6 Å². The smallest absolute Gasteiger partial charge is 0.337 e. The number of carbonyl (C=O) groups excluding carboxylic acids is 4. The lowest BCUT2D eigenvalue weighted by atomic mass is 9.92. The lowest BCUT2D eigenvalue weighted by Crippen LogP contribution is -2.36. The highest BCUT2D eigenvalue weighted by atomic mass is 35.5. The molecule has 4 N–H and O–H groups in total. The zero-order chi connectivity index (χ0) is 26.7. The number of ether oxygens (including phenoxy) is 2. The maximum Gasteiger partial charge on any atom is 0.337 e. The Morgan fingerprint density at radius 2 is 1.68 bits per heavy atom. The number of anilines is 4. The van der Waals surface area contributed by atoms with Crippen molar-refractivity contribution in [2.75, 3.05) is 30.2 Å². The minimum absolute atomic E-state index is 0.0151. The molecule has 1 aliphatic heterocycles. The van der Waals surface area contributed by atoms with Gasteiger partial charge in [0.05, 0.1) is 36.8 Å². The number of aromatic amines is 1. The van der Waals surface area contributed by atoms with E-state index in [0.717, 1.165) is 14.2 Å². The molecule has 37 heavy (non-hydrogen) atoms. The van der Waals surface area contributed by atoms with Gasteiger partial charge in [-0.05, 0) is 36.4 Å². The molecule has 3 aromatic rings. The summed E-state index contributed by atoms with van der Waals surface area (Å²) in [5.41, 5.74) is -0.125. The average Bonchev–Trinajstić information content (AvgIpc) is 2.86. The fourth-order valence-corrected chi connectivity index (χ4v) is 3.95. The fraction of sp³-hybridized carbons (Fsp3) is 0.167. The molecule has 1 aromatic heterocycles. The van der Waals surface area contributed by atoms with E-state index in [1.165, 1.54) is 18.2 Å². The molecule has 0 aliphatic carbocycles. The molecule has 0 spiro atoms. The van der Waals surface area contributed by atoms with Crippen LogP contribution in [0, 0.1) is 0 Å². The van der Waals surface area contributed by atoms with Crippen molar-refractivity contribution < 1.29 is 28.7 Å². The van der Waals surface area contributed by atoms with Crippen molar-refractivity contribution in [3.63, 3.8) is 0 Å². The van der Waals surface area contributed by atoms with Crippen molar-refractivity contribution in [1.82, 2.24) is 9.97 Å². The Morgan fingerprint density at radius 1 is 1.00 bits per heavy atom. The van der Waals surface area contributed by atoms with E-state index in [0.29, 0.717) is 10.7 Å². The van der Waals surface area contributed by atoms with E-state index in [9.17, 15) is 24.0 Å². The molecule has 0 saturated heterocycles. The van der Waals surface area contributed by atoms with E-state index >= 15 is 0 Å². The Morgan fingerprint density at radius 3 is 2.30 bits per heavy atom. The molecule has 0 radical (unpaired) electrons. The Hall–Kier alpha value is -4.71. The second-order valence-corrected chi connectivity index (χ2v) is 8.32. The number of aromatic nitrogens is 2. The number of nitrogens with one attached hydrogen (secondary N) is 4. The summed E-state index contributed by atoms with van der Waals surface area (Å²) in [5.74, 6) is -4.00. The van der Waals surface area contributed by atoms with Crippen molar-refractivity contribution >= 4 is 58.5 Å². The molecular weight excluding hydrogens is 506 g/mol. The van der Waals surface area contributed by atoms with Gasteiger partial charge in [0.2, 0.25) is 17.8 Å². The topological polar surface area (TPSA) is 169 Å². The van der Waals surface area contributed by atoms with Crippen LogP contribution in [-0.4, -0.2) is 47.9 Å². The molecule has 0 saturated carbocycles. The monoisotopic (exact) mass is 525 g/mol. The molecule has 1 aliphatic rings. The van der Waals surface area contributed by atoms with Gasteiger partial charge in [0.1, 0.15) is 5.82 Å². The first kappa shape index (κ1) is 25.4. The van der Waals surface area contributed by atoms with Crippen LogP contribution in [0.3, 0.4) is 0 Å². The Labute approximate surface area is 214 Å². The minimum Gasteiger partial charge on any atom is -0.465 e. The van der Waals surface area contributed by atoms with Gasteiger partial charge in [-0.2, -0.15) is 4.98 Å². The Bertz CT molecular complexity index is 1450. The molecule has 2 aromatic carbocycles. The average molecular weight is 526 g/mol. The molecule has 13 heteroatoms. The third kappa shape index (κ3) is 5.59. The standard InChI is InChI=1S/C24H20ClN5O7/c1-36-22(34)11-6-12(23(35)37-2)8-15(7-11)26-20(32)16-10-17(31)28-19-18(16)21(33)30-24(29-19)27-14-5-3-4-13(25)9-14/h3-9,16H,10H2,1-2H3,(H,26,32)(H3,27,28,29,30,31,33)/t16-/m0/s1. The van der Waals surface area contributed by atoms with Crippen LogP contribution in [-0.2, 0) is 19.1 Å². The maximum absolute atomic E-state index is 13.2. The number of rotatable bonds is 6. The summed E-state index contributed by atoms with van der Waals surface area (Å²) >= 11 is 5.98. The lowest BCUT2D eigenvalue weighted by molar-refractivity contribution is -0.123. The summed E-state index contributed by atoms with van der Waals surface area (Å²) in [5, 5.41) is 8.41. The SMILES string of the molecule is COC(=O)c1cc(NC(=O)[C@H]2CC(=O)Nc3nc(Nc4cccc(Cl)c4)[nH]c(=O)c32)cc(C(=O)OC)c1. The van der Waals surface area contributed by atoms with Crippen molar-refractivity contribution in [3.05, 3.63) is 74.5 Å². The van der Waals surface area contributed by atoms with Crippen molar-refractivity contribution in [2.24, 2.45) is 0 Å². The van der Waals surface area contributed by atoms with Crippen LogP contribution in [0.15, 0.2) is 47.3 Å². The maximum atomic E-state index is 13.2. The van der Waals surface area contributed by atoms with Gasteiger partial charge in [-0.1, -0.05) is 17.7 Å². The molecular formula is C24H20ClN5O7. The molecule has 12 nitrogen and oxygen atoms in total. The van der Waals surface area contributed by atoms with Crippen molar-refractivity contribution in [3.8, 4) is 0 Å². The van der Waals surface area contributed by atoms with Crippen LogP contribution in [0.5, 0.6) is 0 Å². The van der Waals surface area contributed by atoms with Crippen molar-refractivity contribution in [2.45, 2.75) is 12.3 Å². The number of fused-ring (bicyclic) bond motifs is 1. The van der Waals surface area contributed by atoms with Crippen LogP contribution in [0.25, 0.3) is 0 Å². The highest BCUT2D eigenvalue weighted by molar-refractivity contribution is 6.30. The number of benzene rings is 2. The number of H-pyrrole nitrogens is 1. The summed E-state index contributed by atoms with van der Waals surface area (Å²) in [6, 6.07) is 10.5. The third-order valence-electron chi connectivity index (χ3n) is 5.40. The van der Waals surface area contributed by atoms with Gasteiger partial charge < -0.3 is 25.4 Å². The zero-order valence-corrected chi connectivity index (χ0v) is 20.3. The quantitative estimate of drug-likeness (QED) is 0.353. The minimum atomic E-state index is -1.21. The first-order chi connectivity index (χ1) is 17.7. The van der Waals surface area contributed by atoms with Crippen LogP contribution < -0.4 is 21.5 Å². The molecule has 190 valence electrons. The van der Waals surface area contributed by atoms with Crippen LogP contribution in [0.2, 0.25) is 5.02 Å². The van der Waals surface area contributed by atoms with E-state index in [-0.39, 0.29) is 40.6 Å². The molecule has 1 atom stereocenters. The summed E-state index contributed by atoms with van der Waals surface area (Å²) in [6.45, 7) is 0. The number of hydrogen-bond donors (Lipinski definition) is 4. The largest absolute Gasteiger partial charge is 0.465 e. The summed E-state index contributed by atoms with van der Waals surface area (Å²) in [4.78, 5) is 69.4.